The Morgan fingerprint density at radius 1 is 1.20 bits per heavy atom. The van der Waals surface area contributed by atoms with E-state index in [9.17, 15) is 13.2 Å². The minimum Gasteiger partial charge on any atom is -0.368 e. The lowest BCUT2D eigenvalue weighted by Crippen LogP contribution is -2.52. The van der Waals surface area contributed by atoms with Gasteiger partial charge in [-0.1, -0.05) is 17.7 Å². The number of rotatable bonds is 5. The molecule has 10 heteroatoms. The first kappa shape index (κ1) is 25.3. The van der Waals surface area contributed by atoms with Crippen molar-refractivity contribution in [3.8, 4) is 0 Å². The molecule has 0 bridgehead atoms. The summed E-state index contributed by atoms with van der Waals surface area (Å²) in [5.41, 5.74) is 1.12. The van der Waals surface area contributed by atoms with Crippen molar-refractivity contribution in [2.24, 2.45) is 10.9 Å². The first-order valence-corrected chi connectivity index (χ1v) is 10.5. The second kappa shape index (κ2) is 11.6. The monoisotopic (exact) mass is 559 g/mol. The summed E-state index contributed by atoms with van der Waals surface area (Å²) in [7, 11) is 0. The van der Waals surface area contributed by atoms with Crippen LogP contribution in [-0.4, -0.2) is 80.8 Å². The van der Waals surface area contributed by atoms with Gasteiger partial charge in [-0.05, 0) is 44.0 Å². The Hall–Kier alpha value is -0.940. The Morgan fingerprint density at radius 2 is 1.93 bits per heavy atom. The van der Waals surface area contributed by atoms with E-state index in [4.69, 9.17) is 16.6 Å². The zero-order valence-electron chi connectivity index (χ0n) is 17.2. The maximum Gasteiger partial charge on any atom is 0.401 e. The Bertz CT molecular complexity index is 695. The lowest BCUT2D eigenvalue weighted by atomic mass is 10.1. The van der Waals surface area contributed by atoms with Crippen LogP contribution in [-0.2, 0) is 0 Å². The predicted molar refractivity (Wildman–Crippen MR) is 127 cm³/mol. The molecule has 0 radical (unpaired) electrons. The van der Waals surface area contributed by atoms with Gasteiger partial charge >= 0.3 is 6.18 Å². The molecule has 1 unspecified atom stereocenters. The smallest absolute Gasteiger partial charge is 0.368 e. The van der Waals surface area contributed by atoms with Crippen molar-refractivity contribution in [2.45, 2.75) is 19.5 Å². The van der Waals surface area contributed by atoms with E-state index in [1.807, 2.05) is 25.1 Å². The summed E-state index contributed by atoms with van der Waals surface area (Å²) in [6.45, 7) is 6.90. The van der Waals surface area contributed by atoms with Crippen molar-refractivity contribution in [1.29, 1.82) is 0 Å². The largest absolute Gasteiger partial charge is 0.401 e. The summed E-state index contributed by atoms with van der Waals surface area (Å²) in [5, 5.41) is 4.06. The Balaban J connectivity index is 0.00000320. The number of halogens is 5. The molecule has 0 aromatic heterocycles. The number of hydrogen-bond acceptors (Lipinski definition) is 3. The molecule has 2 heterocycles. The Labute approximate surface area is 198 Å². The zero-order chi connectivity index (χ0) is 20.9. The first-order valence-electron chi connectivity index (χ1n) is 10.2. The molecule has 5 nitrogen and oxygen atoms in total. The highest BCUT2D eigenvalue weighted by Gasteiger charge is 2.34. The van der Waals surface area contributed by atoms with Gasteiger partial charge in [0, 0.05) is 56.5 Å². The molecule has 0 saturated carbocycles. The summed E-state index contributed by atoms with van der Waals surface area (Å²) >= 11 is 6.10. The van der Waals surface area contributed by atoms with Crippen molar-refractivity contribution < 1.29 is 13.2 Å². The van der Waals surface area contributed by atoms with Crippen LogP contribution in [0.25, 0.3) is 0 Å². The van der Waals surface area contributed by atoms with Gasteiger partial charge in [0.05, 0.1) is 6.54 Å². The average Bonchev–Trinajstić information content (AvgIpc) is 3.11. The van der Waals surface area contributed by atoms with Crippen LogP contribution >= 0.6 is 35.6 Å². The standard InChI is InChI=1S/C20H29ClF3N5.HI/c1-2-25-19(26-13-16-6-7-27(14-16)15-20(22,23)24)29-10-8-28(9-11-29)18-5-3-4-17(21)12-18;/h3-5,12,16H,2,6-11,13-15H2,1H3,(H,25,26);1H. The molecule has 2 aliphatic rings. The summed E-state index contributed by atoms with van der Waals surface area (Å²) < 4.78 is 37.7. The third-order valence-electron chi connectivity index (χ3n) is 5.36. The van der Waals surface area contributed by atoms with Crippen molar-refractivity contribution >= 4 is 47.2 Å². The summed E-state index contributed by atoms with van der Waals surface area (Å²) in [6.07, 6.45) is -3.36. The van der Waals surface area contributed by atoms with Crippen molar-refractivity contribution in [1.82, 2.24) is 15.1 Å². The van der Waals surface area contributed by atoms with E-state index in [1.165, 1.54) is 4.90 Å². The fourth-order valence-corrected chi connectivity index (χ4v) is 4.13. The van der Waals surface area contributed by atoms with Crippen LogP contribution < -0.4 is 10.2 Å². The Kier molecular flexibility index (Phi) is 9.80. The average molecular weight is 560 g/mol. The number of guanidine groups is 1. The van der Waals surface area contributed by atoms with Gasteiger partial charge in [-0.2, -0.15) is 13.2 Å². The topological polar surface area (TPSA) is 34.1 Å². The lowest BCUT2D eigenvalue weighted by molar-refractivity contribution is -0.143. The third kappa shape index (κ3) is 7.64. The first-order chi connectivity index (χ1) is 13.8. The fraction of sp³-hybridized carbons (Fsp3) is 0.650. The predicted octanol–water partition coefficient (Wildman–Crippen LogP) is 3.93. The van der Waals surface area contributed by atoms with Gasteiger partial charge in [0.15, 0.2) is 5.96 Å². The molecule has 2 fully saturated rings. The van der Waals surface area contributed by atoms with Crippen LogP contribution in [0.4, 0.5) is 18.9 Å². The molecular weight excluding hydrogens is 530 g/mol. The maximum atomic E-state index is 12.6. The van der Waals surface area contributed by atoms with Crippen molar-refractivity contribution in [3.05, 3.63) is 29.3 Å². The molecule has 1 aromatic carbocycles. The summed E-state index contributed by atoms with van der Waals surface area (Å²) in [6, 6.07) is 7.87. The molecule has 170 valence electrons. The highest BCUT2D eigenvalue weighted by Crippen LogP contribution is 2.23. The van der Waals surface area contributed by atoms with E-state index in [1.54, 1.807) is 0 Å². The van der Waals surface area contributed by atoms with E-state index in [0.717, 1.165) is 55.8 Å². The highest BCUT2D eigenvalue weighted by atomic mass is 127. The quantitative estimate of drug-likeness (QED) is 0.337. The van der Waals surface area contributed by atoms with E-state index < -0.39 is 12.7 Å². The van der Waals surface area contributed by atoms with E-state index >= 15 is 0 Å². The number of nitrogens with one attached hydrogen (secondary N) is 1. The van der Waals surface area contributed by atoms with Gasteiger partial charge in [-0.15, -0.1) is 24.0 Å². The molecule has 0 spiro atoms. The molecule has 1 atom stereocenters. The number of piperazine rings is 1. The molecule has 30 heavy (non-hydrogen) atoms. The van der Waals surface area contributed by atoms with Gasteiger partial charge in [-0.25, -0.2) is 0 Å². The van der Waals surface area contributed by atoms with Crippen LogP contribution in [0.2, 0.25) is 5.02 Å². The van der Waals surface area contributed by atoms with Crippen LogP contribution in [0.15, 0.2) is 29.3 Å². The fourth-order valence-electron chi connectivity index (χ4n) is 3.95. The SMILES string of the molecule is CCNC(=NCC1CCN(CC(F)(F)F)C1)N1CCN(c2cccc(Cl)c2)CC1.I. The minimum atomic E-state index is -4.13. The third-order valence-corrected chi connectivity index (χ3v) is 5.59. The normalized spacial score (nSPS) is 21.0. The highest BCUT2D eigenvalue weighted by molar-refractivity contribution is 14.0. The molecular formula is C20H30ClF3IN5. The number of benzene rings is 1. The zero-order valence-corrected chi connectivity index (χ0v) is 20.3. The van der Waals surface area contributed by atoms with E-state index in [2.05, 4.69) is 21.2 Å². The van der Waals surface area contributed by atoms with Gasteiger partial charge in [0.25, 0.3) is 0 Å². The summed E-state index contributed by atoms with van der Waals surface area (Å²) in [4.78, 5) is 10.8. The van der Waals surface area contributed by atoms with Crippen LogP contribution in [0.1, 0.15) is 13.3 Å². The number of nitrogens with zero attached hydrogens (tertiary/aromatic N) is 4. The van der Waals surface area contributed by atoms with Crippen molar-refractivity contribution in [3.63, 3.8) is 0 Å². The van der Waals surface area contributed by atoms with Crippen LogP contribution in [0.5, 0.6) is 0 Å². The lowest BCUT2D eigenvalue weighted by Gasteiger charge is -2.37. The number of likely N-dealkylation sites (tertiary alicyclic amines) is 1. The number of aliphatic imine (C=N–C) groups is 1. The molecule has 0 aliphatic carbocycles. The van der Waals surface area contributed by atoms with E-state index in [0.29, 0.717) is 19.6 Å². The van der Waals surface area contributed by atoms with Crippen LogP contribution in [0.3, 0.4) is 0 Å². The molecule has 1 aromatic rings. The molecule has 3 rings (SSSR count). The Morgan fingerprint density at radius 3 is 2.57 bits per heavy atom. The maximum absolute atomic E-state index is 12.6. The second-order valence-corrected chi connectivity index (χ2v) is 8.09. The number of hydrogen-bond donors (Lipinski definition) is 1. The van der Waals surface area contributed by atoms with E-state index in [-0.39, 0.29) is 29.9 Å². The molecule has 2 aliphatic heterocycles. The molecule has 2 saturated heterocycles. The summed E-state index contributed by atoms with van der Waals surface area (Å²) in [5.74, 6) is 1.03. The second-order valence-electron chi connectivity index (χ2n) is 7.65. The molecule has 0 amide bonds. The van der Waals surface area contributed by atoms with Gasteiger partial charge < -0.3 is 15.1 Å². The number of alkyl halides is 3. The van der Waals surface area contributed by atoms with Gasteiger partial charge in [0.1, 0.15) is 0 Å². The van der Waals surface area contributed by atoms with Gasteiger partial charge in [-0.3, -0.25) is 9.89 Å². The van der Waals surface area contributed by atoms with Crippen molar-refractivity contribution in [2.75, 3.05) is 63.8 Å². The molecule has 1 N–H and O–H groups in total. The van der Waals surface area contributed by atoms with Crippen LogP contribution in [0, 0.1) is 5.92 Å². The number of anilines is 1. The van der Waals surface area contributed by atoms with Gasteiger partial charge in [0.2, 0.25) is 0 Å². The minimum absolute atomic E-state index is 0.